The van der Waals surface area contributed by atoms with E-state index in [4.69, 9.17) is 4.43 Å². The minimum atomic E-state index is -2.39. The first-order valence-electron chi connectivity index (χ1n) is 9.72. The Kier molecular flexibility index (Phi) is 6.00. The normalized spacial score (nSPS) is 24.4. The fourth-order valence-electron chi connectivity index (χ4n) is 4.25. The topological polar surface area (TPSA) is 9.23 Å². The summed E-state index contributed by atoms with van der Waals surface area (Å²) in [7, 11) is -2.39. The molecule has 2 aromatic carbocycles. The highest BCUT2D eigenvalue weighted by atomic mass is 127. The maximum atomic E-state index is 7.24. The molecule has 0 saturated heterocycles. The van der Waals surface area contributed by atoms with E-state index in [1.165, 1.54) is 36.1 Å². The van der Waals surface area contributed by atoms with E-state index in [2.05, 4.69) is 111 Å². The van der Waals surface area contributed by atoms with Gasteiger partial charge in [0.05, 0.1) is 0 Å². The minimum absolute atomic E-state index is 0.0702. The molecule has 0 N–H and O–H groups in total. The summed E-state index contributed by atoms with van der Waals surface area (Å²) in [5.41, 5.74) is 0. The summed E-state index contributed by atoms with van der Waals surface area (Å²) >= 11 is 2.63. The molecule has 1 nitrogen and oxygen atoms in total. The van der Waals surface area contributed by atoms with Crippen molar-refractivity contribution >= 4 is 41.3 Å². The Balaban J connectivity index is 2.06. The molecule has 1 saturated carbocycles. The summed E-state index contributed by atoms with van der Waals surface area (Å²) in [5.74, 6) is 0. The number of halogens is 1. The average Bonchev–Trinajstić information content (AvgIpc) is 2.61. The molecule has 0 aromatic heterocycles. The second-order valence-corrected chi connectivity index (χ2v) is 15.8. The lowest BCUT2D eigenvalue weighted by Crippen LogP contribution is -2.68. The van der Waals surface area contributed by atoms with Gasteiger partial charge in [-0.05, 0) is 41.1 Å². The number of hydrogen-bond acceptors (Lipinski definition) is 1. The van der Waals surface area contributed by atoms with Crippen LogP contribution in [0.25, 0.3) is 0 Å². The highest BCUT2D eigenvalue weighted by molar-refractivity contribution is 14.1. The zero-order chi connectivity index (χ0) is 18.8. The van der Waals surface area contributed by atoms with Crippen molar-refractivity contribution in [2.75, 3.05) is 0 Å². The fraction of sp³-hybridized carbons (Fsp3) is 0.478. The predicted molar refractivity (Wildman–Crippen MR) is 123 cm³/mol. The van der Waals surface area contributed by atoms with Gasteiger partial charge in [0.1, 0.15) is 0 Å². The zero-order valence-corrected chi connectivity index (χ0v) is 19.6. The lowest BCUT2D eigenvalue weighted by Gasteiger charge is -2.47. The predicted octanol–water partition coefficient (Wildman–Crippen LogP) is 5.70. The molecular formula is C23H31IOSi. The lowest BCUT2D eigenvalue weighted by atomic mass is 9.89. The first kappa shape index (κ1) is 20.1. The molecular weight excluding hydrogens is 447 g/mol. The molecule has 0 spiro atoms. The van der Waals surface area contributed by atoms with E-state index < -0.39 is 8.32 Å². The Labute approximate surface area is 173 Å². The van der Waals surface area contributed by atoms with E-state index in [1.807, 2.05) is 0 Å². The van der Waals surface area contributed by atoms with Crippen molar-refractivity contribution in [3.63, 3.8) is 0 Å². The molecule has 3 heteroatoms. The van der Waals surface area contributed by atoms with E-state index in [9.17, 15) is 0 Å². The van der Waals surface area contributed by atoms with Gasteiger partial charge in [0.25, 0.3) is 8.32 Å². The third-order valence-electron chi connectivity index (χ3n) is 5.74. The van der Waals surface area contributed by atoms with Crippen molar-refractivity contribution in [2.45, 2.75) is 67.9 Å². The van der Waals surface area contributed by atoms with Gasteiger partial charge >= 0.3 is 0 Å². The van der Waals surface area contributed by atoms with Crippen molar-refractivity contribution in [3.8, 4) is 0 Å². The second kappa shape index (κ2) is 7.76. The van der Waals surface area contributed by atoms with Gasteiger partial charge < -0.3 is 4.43 Å². The second-order valence-electron chi connectivity index (χ2n) is 8.89. The molecule has 0 heterocycles. The summed E-state index contributed by atoms with van der Waals surface area (Å²) < 4.78 is 7.68. The van der Waals surface area contributed by atoms with Gasteiger partial charge in [-0.1, -0.05) is 111 Å². The molecule has 1 aliphatic carbocycles. The highest BCUT2D eigenvalue weighted by Gasteiger charge is 2.51. The zero-order valence-electron chi connectivity index (χ0n) is 16.5. The van der Waals surface area contributed by atoms with Crippen LogP contribution >= 0.6 is 22.6 Å². The maximum Gasteiger partial charge on any atom is 0.261 e. The van der Waals surface area contributed by atoms with Crippen molar-refractivity contribution in [1.29, 1.82) is 0 Å². The van der Waals surface area contributed by atoms with Crippen molar-refractivity contribution in [3.05, 3.63) is 60.7 Å². The summed E-state index contributed by atoms with van der Waals surface area (Å²) in [5, 5.41) is 2.85. The van der Waals surface area contributed by atoms with Crippen LogP contribution in [0.4, 0.5) is 0 Å². The Bertz CT molecular complexity index is 656. The minimum Gasteiger partial charge on any atom is -0.404 e. The van der Waals surface area contributed by atoms with Crippen molar-refractivity contribution in [1.82, 2.24) is 0 Å². The molecule has 0 aliphatic heterocycles. The lowest BCUT2D eigenvalue weighted by molar-refractivity contribution is 0.135. The monoisotopic (exact) mass is 478 g/mol. The van der Waals surface area contributed by atoms with Gasteiger partial charge in [-0.15, -0.1) is 0 Å². The van der Waals surface area contributed by atoms with Crippen LogP contribution in [-0.2, 0) is 4.43 Å². The van der Waals surface area contributed by atoms with Crippen LogP contribution in [0.2, 0.25) is 5.04 Å². The number of alkyl halides is 1. The first-order valence-corrected chi connectivity index (χ1v) is 12.7. The largest absolute Gasteiger partial charge is 0.404 e. The highest BCUT2D eigenvalue weighted by Crippen LogP contribution is 2.42. The standard InChI is InChI=1S/C23H31IOSi/c1-22(2,3)26(20-11-7-5-8-12-20,21-13-9-6-10-14-21)25-19-15-17-23(4,24)18-16-19/h5-14,19H,15-18H2,1-4H3. The van der Waals surface area contributed by atoms with Gasteiger partial charge in [-0.2, -0.15) is 0 Å². The molecule has 1 aliphatic rings. The summed E-state index contributed by atoms with van der Waals surface area (Å²) in [6.07, 6.45) is 5.20. The van der Waals surface area contributed by atoms with Gasteiger partial charge in [-0.3, -0.25) is 0 Å². The van der Waals surface area contributed by atoms with Gasteiger partial charge in [0, 0.05) is 9.53 Å². The van der Waals surface area contributed by atoms with Crippen LogP contribution < -0.4 is 10.4 Å². The molecule has 0 unspecified atom stereocenters. The SMILES string of the molecule is CC1(I)CCC(O[Si](c2ccccc2)(c2ccccc2)C(C)(C)C)CC1. The molecule has 0 atom stereocenters. The van der Waals surface area contributed by atoms with Crippen molar-refractivity contribution < 1.29 is 4.43 Å². The Morgan fingerprint density at radius 3 is 1.69 bits per heavy atom. The fourth-order valence-corrected chi connectivity index (χ4v) is 9.63. The van der Waals surface area contributed by atoms with E-state index in [0.29, 0.717) is 9.53 Å². The number of rotatable bonds is 4. The number of hydrogen-bond donors (Lipinski definition) is 0. The molecule has 1 fully saturated rings. The molecule has 3 rings (SSSR count). The summed E-state index contributed by atoms with van der Waals surface area (Å²) in [4.78, 5) is 0. The molecule has 26 heavy (non-hydrogen) atoms. The van der Waals surface area contributed by atoms with Crippen LogP contribution in [0.1, 0.15) is 53.4 Å². The van der Waals surface area contributed by atoms with Crippen molar-refractivity contribution in [2.24, 2.45) is 0 Å². The summed E-state index contributed by atoms with van der Waals surface area (Å²) in [6, 6.07) is 22.0. The molecule has 2 aromatic rings. The Morgan fingerprint density at radius 2 is 1.31 bits per heavy atom. The van der Waals surface area contributed by atoms with Crippen LogP contribution in [0, 0.1) is 0 Å². The van der Waals surface area contributed by atoms with E-state index in [0.717, 1.165) is 0 Å². The van der Waals surface area contributed by atoms with E-state index in [-0.39, 0.29) is 5.04 Å². The Morgan fingerprint density at radius 1 is 0.885 bits per heavy atom. The van der Waals surface area contributed by atoms with E-state index in [1.54, 1.807) is 0 Å². The van der Waals surface area contributed by atoms with E-state index >= 15 is 0 Å². The molecule has 0 amide bonds. The smallest absolute Gasteiger partial charge is 0.261 e. The Hall–Kier alpha value is -0.653. The third-order valence-corrected chi connectivity index (χ3v) is 11.9. The quantitative estimate of drug-likeness (QED) is 0.311. The number of benzene rings is 2. The third kappa shape index (κ3) is 4.10. The van der Waals surface area contributed by atoms with Crippen LogP contribution in [-0.4, -0.2) is 17.8 Å². The van der Waals surface area contributed by atoms with Gasteiger partial charge in [0.2, 0.25) is 0 Å². The van der Waals surface area contributed by atoms with Gasteiger partial charge in [0.15, 0.2) is 0 Å². The van der Waals surface area contributed by atoms with Gasteiger partial charge in [-0.25, -0.2) is 0 Å². The molecule has 140 valence electrons. The molecule has 0 radical (unpaired) electrons. The van der Waals surface area contributed by atoms with Crippen LogP contribution in [0.3, 0.4) is 0 Å². The average molecular weight is 478 g/mol. The summed E-state index contributed by atoms with van der Waals surface area (Å²) in [6.45, 7) is 9.48. The first-order chi connectivity index (χ1) is 12.2. The maximum absolute atomic E-state index is 7.24. The molecule has 0 bridgehead atoms. The van der Waals surface area contributed by atoms with Crippen LogP contribution in [0.5, 0.6) is 0 Å². The van der Waals surface area contributed by atoms with Crippen LogP contribution in [0.15, 0.2) is 60.7 Å².